The molecule has 0 bridgehead atoms. The zero-order valence-electron chi connectivity index (χ0n) is 12.8. The fraction of sp³-hybridized carbons (Fsp3) is 0.600. The van der Waals surface area contributed by atoms with Crippen LogP contribution in [0, 0.1) is 0 Å². The lowest BCUT2D eigenvalue weighted by molar-refractivity contribution is 0.178. The minimum atomic E-state index is -3.53. The Labute approximate surface area is 127 Å². The van der Waals surface area contributed by atoms with Gasteiger partial charge in [0.2, 0.25) is 10.0 Å². The van der Waals surface area contributed by atoms with Gasteiger partial charge in [0.05, 0.1) is 17.0 Å². The second-order valence-electron chi connectivity index (χ2n) is 5.82. The summed E-state index contributed by atoms with van der Waals surface area (Å²) in [5.41, 5.74) is 0.454. The number of rotatable bonds is 6. The van der Waals surface area contributed by atoms with Crippen LogP contribution in [0.15, 0.2) is 29.2 Å². The molecule has 2 rings (SSSR count). The van der Waals surface area contributed by atoms with Crippen molar-refractivity contribution in [2.24, 2.45) is 0 Å². The van der Waals surface area contributed by atoms with Crippen molar-refractivity contribution in [3.8, 4) is 0 Å². The number of benzene rings is 1. The minimum absolute atomic E-state index is 0.121. The summed E-state index contributed by atoms with van der Waals surface area (Å²) in [6, 6.07) is 7.20. The molecule has 0 aliphatic carbocycles. The molecule has 2 unspecified atom stereocenters. The molecule has 2 N–H and O–H groups in total. The number of ether oxygens (including phenoxy) is 1. The van der Waals surface area contributed by atoms with E-state index in [2.05, 4.69) is 10.0 Å². The lowest BCUT2D eigenvalue weighted by Gasteiger charge is -2.23. The summed E-state index contributed by atoms with van der Waals surface area (Å²) in [4.78, 5) is 0.304. The molecule has 118 valence electrons. The van der Waals surface area contributed by atoms with Crippen LogP contribution >= 0.6 is 0 Å². The fourth-order valence-electron chi connectivity index (χ4n) is 2.51. The molecule has 0 saturated carbocycles. The molecule has 1 aliphatic heterocycles. The Morgan fingerprint density at radius 2 is 2.19 bits per heavy atom. The maximum atomic E-state index is 12.5. The highest BCUT2D eigenvalue weighted by Crippen LogP contribution is 2.23. The Bertz CT molecular complexity index is 580. The Kier molecular flexibility index (Phi) is 5.03. The first-order chi connectivity index (χ1) is 9.86. The molecule has 1 heterocycles. The number of hydrogen-bond donors (Lipinski definition) is 2. The molecular formula is C15H24N2O3S. The Balaban J connectivity index is 2.22. The van der Waals surface area contributed by atoms with Gasteiger partial charge in [0.15, 0.2) is 0 Å². The van der Waals surface area contributed by atoms with E-state index in [1.807, 2.05) is 26.8 Å². The summed E-state index contributed by atoms with van der Waals surface area (Å²) < 4.78 is 33.1. The third-order valence-electron chi connectivity index (χ3n) is 3.78. The van der Waals surface area contributed by atoms with Crippen molar-refractivity contribution in [3.63, 3.8) is 0 Å². The molecule has 6 heteroatoms. The van der Waals surface area contributed by atoms with Crippen molar-refractivity contribution in [1.29, 1.82) is 0 Å². The van der Waals surface area contributed by atoms with E-state index in [9.17, 15) is 8.42 Å². The van der Waals surface area contributed by atoms with Crippen molar-refractivity contribution < 1.29 is 13.2 Å². The van der Waals surface area contributed by atoms with Crippen molar-refractivity contribution in [1.82, 2.24) is 10.0 Å². The molecule has 5 nitrogen and oxygen atoms in total. The second-order valence-corrected chi connectivity index (χ2v) is 7.50. The Hall–Kier alpha value is -0.950. The van der Waals surface area contributed by atoms with E-state index < -0.39 is 15.6 Å². The van der Waals surface area contributed by atoms with Crippen LogP contribution in [0.2, 0.25) is 0 Å². The van der Waals surface area contributed by atoms with Crippen molar-refractivity contribution in [3.05, 3.63) is 29.8 Å². The van der Waals surface area contributed by atoms with Gasteiger partial charge in [-0.25, -0.2) is 13.1 Å². The van der Waals surface area contributed by atoms with E-state index in [1.54, 1.807) is 18.2 Å². The van der Waals surface area contributed by atoms with E-state index in [0.717, 1.165) is 12.1 Å². The molecule has 0 amide bonds. The highest BCUT2D eigenvalue weighted by atomic mass is 32.2. The predicted octanol–water partition coefficient (Wildman–Crippen LogP) is 1.81. The van der Waals surface area contributed by atoms with Crippen LogP contribution in [0.3, 0.4) is 0 Å². The molecule has 21 heavy (non-hydrogen) atoms. The van der Waals surface area contributed by atoms with Crippen molar-refractivity contribution in [2.75, 3.05) is 19.8 Å². The number of hydrogen-bond acceptors (Lipinski definition) is 4. The second kappa shape index (κ2) is 6.44. The zero-order chi connectivity index (χ0) is 15.5. The summed E-state index contributed by atoms with van der Waals surface area (Å²) >= 11 is 0. The molecule has 0 radical (unpaired) electrons. The predicted molar refractivity (Wildman–Crippen MR) is 82.7 cm³/mol. The van der Waals surface area contributed by atoms with Gasteiger partial charge in [-0.15, -0.1) is 0 Å². The standard InChI is InChI=1S/C15H24N2O3S/c1-4-16-12(2)13-6-5-7-14(10-13)21(18,19)17-15(3)8-9-20-11-15/h5-7,10,12,16-17H,4,8-9,11H2,1-3H3. The van der Waals surface area contributed by atoms with Crippen molar-refractivity contribution >= 4 is 10.0 Å². The van der Waals surface area contributed by atoms with Crippen LogP contribution < -0.4 is 10.0 Å². The molecular weight excluding hydrogens is 288 g/mol. The maximum Gasteiger partial charge on any atom is 0.241 e. The first kappa shape index (κ1) is 16.4. The summed E-state index contributed by atoms with van der Waals surface area (Å²) in [7, 11) is -3.53. The topological polar surface area (TPSA) is 67.4 Å². The molecule has 0 aromatic heterocycles. The van der Waals surface area contributed by atoms with E-state index in [4.69, 9.17) is 4.74 Å². The molecule has 1 saturated heterocycles. The molecule has 1 aliphatic rings. The summed E-state index contributed by atoms with van der Waals surface area (Å²) in [5, 5.41) is 3.29. The van der Waals surface area contributed by atoms with Gasteiger partial charge in [-0.1, -0.05) is 19.1 Å². The van der Waals surface area contributed by atoms with Gasteiger partial charge in [-0.3, -0.25) is 0 Å². The molecule has 1 fully saturated rings. The van der Waals surface area contributed by atoms with Gasteiger partial charge in [0, 0.05) is 12.6 Å². The third kappa shape index (κ3) is 4.03. The van der Waals surface area contributed by atoms with Gasteiger partial charge in [0.25, 0.3) is 0 Å². The summed E-state index contributed by atoms with van der Waals surface area (Å²) in [5.74, 6) is 0. The van der Waals surface area contributed by atoms with Crippen LogP contribution in [-0.2, 0) is 14.8 Å². The first-order valence-corrected chi connectivity index (χ1v) is 8.80. The monoisotopic (exact) mass is 312 g/mol. The lowest BCUT2D eigenvalue weighted by atomic mass is 10.0. The van der Waals surface area contributed by atoms with Crippen LogP contribution in [-0.4, -0.2) is 33.7 Å². The van der Waals surface area contributed by atoms with Gasteiger partial charge in [-0.05, 0) is 44.5 Å². The highest BCUT2D eigenvalue weighted by Gasteiger charge is 2.34. The van der Waals surface area contributed by atoms with Crippen molar-refractivity contribution in [2.45, 2.75) is 43.7 Å². The van der Waals surface area contributed by atoms with Gasteiger partial charge in [0.1, 0.15) is 0 Å². The molecule has 1 aromatic rings. The lowest BCUT2D eigenvalue weighted by Crippen LogP contribution is -2.46. The van der Waals surface area contributed by atoms with E-state index >= 15 is 0 Å². The van der Waals surface area contributed by atoms with Crippen LogP contribution in [0.5, 0.6) is 0 Å². The van der Waals surface area contributed by atoms with E-state index in [0.29, 0.717) is 24.5 Å². The average Bonchev–Trinajstić information content (AvgIpc) is 2.85. The van der Waals surface area contributed by atoms with Gasteiger partial charge < -0.3 is 10.1 Å². The van der Waals surface area contributed by atoms with Gasteiger partial charge in [-0.2, -0.15) is 0 Å². The van der Waals surface area contributed by atoms with Crippen LogP contribution in [0.4, 0.5) is 0 Å². The normalized spacial score (nSPS) is 24.1. The summed E-state index contributed by atoms with van der Waals surface area (Å²) in [6.45, 7) is 7.78. The maximum absolute atomic E-state index is 12.5. The Morgan fingerprint density at radius 3 is 2.81 bits per heavy atom. The Morgan fingerprint density at radius 1 is 1.43 bits per heavy atom. The van der Waals surface area contributed by atoms with Crippen LogP contribution in [0.1, 0.15) is 38.8 Å². The smallest absolute Gasteiger partial charge is 0.241 e. The summed E-state index contributed by atoms with van der Waals surface area (Å²) in [6.07, 6.45) is 0.694. The zero-order valence-corrected chi connectivity index (χ0v) is 13.7. The highest BCUT2D eigenvalue weighted by molar-refractivity contribution is 7.89. The first-order valence-electron chi connectivity index (χ1n) is 7.31. The van der Waals surface area contributed by atoms with E-state index in [1.165, 1.54) is 0 Å². The number of sulfonamides is 1. The quantitative estimate of drug-likeness (QED) is 0.841. The molecule has 2 atom stereocenters. The average molecular weight is 312 g/mol. The molecule has 0 spiro atoms. The fourth-order valence-corrected chi connectivity index (χ4v) is 3.98. The largest absolute Gasteiger partial charge is 0.379 e. The third-order valence-corrected chi connectivity index (χ3v) is 5.41. The number of nitrogens with one attached hydrogen (secondary N) is 2. The van der Waals surface area contributed by atoms with E-state index in [-0.39, 0.29) is 6.04 Å². The van der Waals surface area contributed by atoms with Gasteiger partial charge >= 0.3 is 0 Å². The SMILES string of the molecule is CCNC(C)c1cccc(S(=O)(=O)NC2(C)CCOC2)c1. The van der Waals surface area contributed by atoms with Crippen LogP contribution in [0.25, 0.3) is 0 Å². The minimum Gasteiger partial charge on any atom is -0.379 e. The molecule has 1 aromatic carbocycles.